The molecule has 1 unspecified atom stereocenters. The Labute approximate surface area is 153 Å². The Bertz CT molecular complexity index is 723. The predicted molar refractivity (Wildman–Crippen MR) is 96.6 cm³/mol. The first-order valence-electron chi connectivity index (χ1n) is 8.34. The van der Waals surface area contributed by atoms with Gasteiger partial charge in [-0.1, -0.05) is 19.4 Å². The smallest absolute Gasteiger partial charge is 0.352 e. The standard InChI is InChI=1S/C19H25NO6/c1-6-7-15-13(8-9-14(12(3)21)18(15)23)11(2)20-16(19(24)26-5)10-17(22)25-4/h8-9,11,23H,6-7,10H2,1-5H3. The molecule has 1 N–H and O–H groups in total. The minimum absolute atomic E-state index is 0.0634. The topological polar surface area (TPSA) is 102 Å². The number of rotatable bonds is 8. The first-order valence-corrected chi connectivity index (χ1v) is 8.34. The van der Waals surface area contributed by atoms with Gasteiger partial charge in [0.25, 0.3) is 0 Å². The van der Waals surface area contributed by atoms with Crippen molar-refractivity contribution in [2.75, 3.05) is 14.2 Å². The van der Waals surface area contributed by atoms with E-state index in [1.165, 1.54) is 27.2 Å². The minimum Gasteiger partial charge on any atom is -0.507 e. The number of nitrogens with zero attached hydrogens (tertiary/aromatic N) is 1. The monoisotopic (exact) mass is 363 g/mol. The molecule has 0 spiro atoms. The van der Waals surface area contributed by atoms with Crippen LogP contribution in [0.3, 0.4) is 0 Å². The zero-order valence-corrected chi connectivity index (χ0v) is 15.8. The lowest BCUT2D eigenvalue weighted by Gasteiger charge is -2.17. The Kier molecular flexibility index (Phi) is 7.96. The van der Waals surface area contributed by atoms with Gasteiger partial charge in [0.15, 0.2) is 5.78 Å². The second kappa shape index (κ2) is 9.70. The Morgan fingerprint density at radius 3 is 2.35 bits per heavy atom. The Morgan fingerprint density at radius 2 is 1.85 bits per heavy atom. The fourth-order valence-corrected chi connectivity index (χ4v) is 2.64. The molecule has 0 bridgehead atoms. The minimum atomic E-state index is -0.719. The molecule has 142 valence electrons. The highest BCUT2D eigenvalue weighted by Crippen LogP contribution is 2.33. The van der Waals surface area contributed by atoms with Crippen molar-refractivity contribution < 1.29 is 29.0 Å². The lowest BCUT2D eigenvalue weighted by molar-refractivity contribution is -0.140. The molecule has 0 aliphatic rings. The van der Waals surface area contributed by atoms with Crippen LogP contribution in [0.15, 0.2) is 17.1 Å². The van der Waals surface area contributed by atoms with Crippen molar-refractivity contribution >= 4 is 23.4 Å². The molecule has 1 atom stereocenters. The third-order valence-electron chi connectivity index (χ3n) is 3.96. The first kappa shape index (κ1) is 21.3. The number of phenolic OH excluding ortho intramolecular Hbond substituents is 1. The quantitative estimate of drug-likeness (QED) is 0.433. The largest absolute Gasteiger partial charge is 0.507 e. The van der Waals surface area contributed by atoms with E-state index in [-0.39, 0.29) is 29.2 Å². The number of hydrogen-bond acceptors (Lipinski definition) is 7. The fourth-order valence-electron chi connectivity index (χ4n) is 2.64. The van der Waals surface area contributed by atoms with E-state index in [1.807, 2.05) is 6.92 Å². The van der Waals surface area contributed by atoms with E-state index in [0.717, 1.165) is 6.42 Å². The van der Waals surface area contributed by atoms with Crippen LogP contribution >= 0.6 is 0 Å². The van der Waals surface area contributed by atoms with Crippen molar-refractivity contribution in [2.24, 2.45) is 4.99 Å². The summed E-state index contributed by atoms with van der Waals surface area (Å²) in [4.78, 5) is 39.4. The number of Topliss-reactive ketones (excluding diaryl/α,β-unsaturated/α-hetero) is 1. The average molecular weight is 363 g/mol. The number of aromatic hydroxyl groups is 1. The van der Waals surface area contributed by atoms with Gasteiger partial charge in [-0.3, -0.25) is 14.6 Å². The summed E-state index contributed by atoms with van der Waals surface area (Å²) in [6.07, 6.45) is 0.991. The van der Waals surface area contributed by atoms with Gasteiger partial charge in [-0.15, -0.1) is 0 Å². The summed E-state index contributed by atoms with van der Waals surface area (Å²) in [6, 6.07) is 2.72. The summed E-state index contributed by atoms with van der Waals surface area (Å²) in [5.41, 5.74) is 1.47. The van der Waals surface area contributed by atoms with Gasteiger partial charge in [-0.2, -0.15) is 0 Å². The number of phenols is 1. The Morgan fingerprint density at radius 1 is 1.19 bits per heavy atom. The molecule has 0 aromatic heterocycles. The molecule has 26 heavy (non-hydrogen) atoms. The molecule has 0 aliphatic carbocycles. The van der Waals surface area contributed by atoms with E-state index in [2.05, 4.69) is 14.5 Å². The van der Waals surface area contributed by atoms with Gasteiger partial charge < -0.3 is 14.6 Å². The first-order chi connectivity index (χ1) is 12.3. The molecule has 0 saturated heterocycles. The fraction of sp³-hybridized carbons (Fsp3) is 0.474. The molecule has 0 amide bonds. The number of aliphatic imine (C=N–C) groups is 1. The number of carbonyl (C=O) groups is 3. The number of methoxy groups -OCH3 is 2. The van der Waals surface area contributed by atoms with Crippen molar-refractivity contribution in [1.82, 2.24) is 0 Å². The van der Waals surface area contributed by atoms with E-state index in [1.54, 1.807) is 13.0 Å². The molecular weight excluding hydrogens is 338 g/mol. The van der Waals surface area contributed by atoms with Crippen LogP contribution in [0.4, 0.5) is 0 Å². The summed E-state index contributed by atoms with van der Waals surface area (Å²) in [6.45, 7) is 5.08. The number of ether oxygens (including phenoxy) is 2. The van der Waals surface area contributed by atoms with Crippen molar-refractivity contribution in [2.45, 2.75) is 46.1 Å². The van der Waals surface area contributed by atoms with Crippen LogP contribution in [0.25, 0.3) is 0 Å². The summed E-state index contributed by atoms with van der Waals surface area (Å²) in [5.74, 6) is -1.62. The molecule has 0 saturated carbocycles. The van der Waals surface area contributed by atoms with E-state index in [9.17, 15) is 19.5 Å². The van der Waals surface area contributed by atoms with Gasteiger partial charge in [0.05, 0.1) is 32.2 Å². The van der Waals surface area contributed by atoms with Crippen LogP contribution < -0.4 is 0 Å². The maximum Gasteiger partial charge on any atom is 0.352 e. The molecule has 1 rings (SSSR count). The lowest BCUT2D eigenvalue weighted by Crippen LogP contribution is -2.21. The van der Waals surface area contributed by atoms with Gasteiger partial charge >= 0.3 is 11.9 Å². The second-order valence-corrected chi connectivity index (χ2v) is 5.83. The number of carbonyl (C=O) groups excluding carboxylic acids is 3. The summed E-state index contributed by atoms with van der Waals surface area (Å²) < 4.78 is 9.26. The zero-order valence-electron chi connectivity index (χ0n) is 15.8. The molecule has 1 aromatic carbocycles. The van der Waals surface area contributed by atoms with Gasteiger partial charge in [0.1, 0.15) is 11.5 Å². The third-order valence-corrected chi connectivity index (χ3v) is 3.96. The van der Waals surface area contributed by atoms with E-state index in [4.69, 9.17) is 0 Å². The van der Waals surface area contributed by atoms with Gasteiger partial charge in [-0.25, -0.2) is 4.79 Å². The molecule has 0 aliphatic heterocycles. The molecule has 0 heterocycles. The van der Waals surface area contributed by atoms with Gasteiger partial charge in [0.2, 0.25) is 0 Å². The number of hydrogen-bond donors (Lipinski definition) is 1. The molecule has 7 heteroatoms. The SMILES string of the molecule is CCCc1c(C(C)N=C(CC(=O)OC)C(=O)OC)ccc(C(C)=O)c1O. The maximum absolute atomic E-state index is 11.9. The van der Waals surface area contributed by atoms with Crippen LogP contribution in [0.1, 0.15) is 61.1 Å². The van der Waals surface area contributed by atoms with Crippen molar-refractivity contribution in [1.29, 1.82) is 0 Å². The average Bonchev–Trinajstić information content (AvgIpc) is 2.61. The molecule has 0 fully saturated rings. The summed E-state index contributed by atoms with van der Waals surface area (Å²) in [7, 11) is 2.42. The Balaban J connectivity index is 3.38. The van der Waals surface area contributed by atoms with Crippen molar-refractivity contribution in [3.05, 3.63) is 28.8 Å². The Hall–Kier alpha value is -2.70. The van der Waals surface area contributed by atoms with Crippen LogP contribution in [-0.4, -0.2) is 42.8 Å². The van der Waals surface area contributed by atoms with Crippen LogP contribution in [-0.2, 0) is 25.5 Å². The normalized spacial score (nSPS) is 12.4. The summed E-state index contributed by atoms with van der Waals surface area (Å²) >= 11 is 0. The highest BCUT2D eigenvalue weighted by molar-refractivity contribution is 6.39. The third kappa shape index (κ3) is 5.15. The number of benzene rings is 1. The predicted octanol–water partition coefficient (Wildman–Crippen LogP) is 2.79. The van der Waals surface area contributed by atoms with E-state index < -0.39 is 18.0 Å². The summed E-state index contributed by atoms with van der Waals surface area (Å²) in [5, 5.41) is 10.5. The second-order valence-electron chi connectivity index (χ2n) is 5.83. The van der Waals surface area contributed by atoms with Gasteiger partial charge in [-0.05, 0) is 37.5 Å². The molecule has 1 aromatic rings. The van der Waals surface area contributed by atoms with Crippen molar-refractivity contribution in [3.8, 4) is 5.75 Å². The highest BCUT2D eigenvalue weighted by atomic mass is 16.5. The zero-order chi connectivity index (χ0) is 19.9. The number of ketones is 1. The molecular formula is C19H25NO6. The maximum atomic E-state index is 11.9. The lowest BCUT2D eigenvalue weighted by atomic mass is 9.93. The van der Waals surface area contributed by atoms with Crippen LogP contribution in [0.5, 0.6) is 5.75 Å². The van der Waals surface area contributed by atoms with Crippen LogP contribution in [0.2, 0.25) is 0 Å². The van der Waals surface area contributed by atoms with E-state index >= 15 is 0 Å². The molecule has 7 nitrogen and oxygen atoms in total. The van der Waals surface area contributed by atoms with Crippen LogP contribution in [0, 0.1) is 0 Å². The number of esters is 2. The van der Waals surface area contributed by atoms with E-state index in [0.29, 0.717) is 17.5 Å². The highest BCUT2D eigenvalue weighted by Gasteiger charge is 2.22. The van der Waals surface area contributed by atoms with Crippen molar-refractivity contribution in [3.63, 3.8) is 0 Å². The molecule has 0 radical (unpaired) electrons. The van der Waals surface area contributed by atoms with Gasteiger partial charge in [0, 0.05) is 0 Å².